The Balaban J connectivity index is 1.91. The molecule has 0 aromatic heterocycles. The molecule has 2 saturated carbocycles. The number of hydrogen-bond acceptors (Lipinski definition) is 0. The lowest BCUT2D eigenvalue weighted by atomic mass is 9.53. The van der Waals surface area contributed by atoms with E-state index in [4.69, 9.17) is 0 Å². The molecule has 0 spiro atoms. The molecule has 0 atom stereocenters. The van der Waals surface area contributed by atoms with E-state index in [-0.39, 0.29) is 5.41 Å². The third-order valence-electron chi connectivity index (χ3n) is 7.56. The second-order valence-electron chi connectivity index (χ2n) is 9.27. The average Bonchev–Trinajstić information content (AvgIpc) is 2.73. The van der Waals surface area contributed by atoms with Crippen LogP contribution in [0.5, 0.6) is 0 Å². The first-order valence-corrected chi connectivity index (χ1v) is 11.4. The maximum absolute atomic E-state index is 2.47. The quantitative estimate of drug-likeness (QED) is 0.523. The fourth-order valence-corrected chi connectivity index (χ4v) is 6.22. The molecule has 0 heterocycles. The van der Waals surface area contributed by atoms with Gasteiger partial charge in [-0.05, 0) is 62.5 Å². The fourth-order valence-electron chi connectivity index (χ4n) is 6.22. The van der Waals surface area contributed by atoms with Crippen LogP contribution in [-0.4, -0.2) is 0 Å². The summed E-state index contributed by atoms with van der Waals surface area (Å²) in [5.41, 5.74) is 6.15. The van der Waals surface area contributed by atoms with Gasteiger partial charge in [0.05, 0.1) is 0 Å². The van der Waals surface area contributed by atoms with E-state index in [0.717, 1.165) is 11.8 Å². The molecule has 0 bridgehead atoms. The van der Waals surface area contributed by atoms with Crippen LogP contribution in [0.4, 0.5) is 0 Å². The Labute approximate surface area is 166 Å². The summed E-state index contributed by atoms with van der Waals surface area (Å²) in [6.45, 7) is 4.44. The Kier molecular flexibility index (Phi) is 5.71. The van der Waals surface area contributed by atoms with E-state index in [1.165, 1.54) is 75.3 Å². The van der Waals surface area contributed by atoms with Crippen LogP contribution in [0.15, 0.2) is 48.5 Å². The van der Waals surface area contributed by atoms with Crippen molar-refractivity contribution in [1.29, 1.82) is 0 Å². The van der Waals surface area contributed by atoms with Crippen molar-refractivity contribution in [3.8, 4) is 0 Å². The van der Waals surface area contributed by atoms with Gasteiger partial charge in [-0.25, -0.2) is 0 Å². The Morgan fingerprint density at radius 3 is 1.19 bits per heavy atom. The van der Waals surface area contributed by atoms with E-state index in [2.05, 4.69) is 62.4 Å². The first-order chi connectivity index (χ1) is 13.2. The smallest absolute Gasteiger partial charge is 0.0259 e. The molecular formula is C27H36. The topological polar surface area (TPSA) is 0 Å². The number of benzene rings is 2. The minimum atomic E-state index is 0.211. The van der Waals surface area contributed by atoms with Crippen LogP contribution in [0, 0.1) is 25.7 Å². The molecule has 2 aromatic rings. The Morgan fingerprint density at radius 2 is 0.852 bits per heavy atom. The van der Waals surface area contributed by atoms with E-state index < -0.39 is 0 Å². The molecular weight excluding hydrogens is 324 g/mol. The van der Waals surface area contributed by atoms with Gasteiger partial charge in [-0.1, -0.05) is 98.2 Å². The predicted octanol–water partition coefficient (Wildman–Crippen LogP) is 7.75. The summed E-state index contributed by atoms with van der Waals surface area (Å²) < 4.78 is 0. The first-order valence-electron chi connectivity index (χ1n) is 11.4. The van der Waals surface area contributed by atoms with Crippen LogP contribution >= 0.6 is 0 Å². The SMILES string of the molecule is Cc1ccc(C(c2ccc(C)cc2)(C2CCCCC2)C2CCCCC2)cc1. The van der Waals surface area contributed by atoms with Gasteiger partial charge in [0, 0.05) is 5.41 Å². The van der Waals surface area contributed by atoms with Crippen LogP contribution in [0.25, 0.3) is 0 Å². The van der Waals surface area contributed by atoms with Crippen molar-refractivity contribution in [3.63, 3.8) is 0 Å². The summed E-state index contributed by atoms with van der Waals surface area (Å²) in [7, 11) is 0. The Bertz CT molecular complexity index is 644. The molecule has 0 unspecified atom stereocenters. The lowest BCUT2D eigenvalue weighted by Gasteiger charge is -2.50. The van der Waals surface area contributed by atoms with E-state index in [0.29, 0.717) is 0 Å². The first kappa shape index (κ1) is 18.8. The lowest BCUT2D eigenvalue weighted by Crippen LogP contribution is -2.45. The molecule has 0 amide bonds. The minimum Gasteiger partial charge on any atom is -0.0590 e. The summed E-state index contributed by atoms with van der Waals surface area (Å²) in [5.74, 6) is 1.58. The highest BCUT2D eigenvalue weighted by Gasteiger charge is 2.47. The second kappa shape index (κ2) is 8.21. The third kappa shape index (κ3) is 3.60. The summed E-state index contributed by atoms with van der Waals surface area (Å²) in [5, 5.41) is 0. The van der Waals surface area contributed by atoms with E-state index in [9.17, 15) is 0 Å². The van der Waals surface area contributed by atoms with Gasteiger partial charge < -0.3 is 0 Å². The van der Waals surface area contributed by atoms with Crippen LogP contribution in [-0.2, 0) is 5.41 Å². The van der Waals surface area contributed by atoms with Crippen LogP contribution in [0.3, 0.4) is 0 Å². The Hall–Kier alpha value is -1.56. The Morgan fingerprint density at radius 1 is 0.519 bits per heavy atom. The van der Waals surface area contributed by atoms with Crippen molar-refractivity contribution in [2.45, 2.75) is 83.5 Å². The van der Waals surface area contributed by atoms with Crippen molar-refractivity contribution < 1.29 is 0 Å². The van der Waals surface area contributed by atoms with Crippen molar-refractivity contribution in [3.05, 3.63) is 70.8 Å². The predicted molar refractivity (Wildman–Crippen MR) is 116 cm³/mol. The number of aryl methyl sites for hydroxylation is 2. The molecule has 2 fully saturated rings. The maximum atomic E-state index is 2.47. The molecule has 27 heavy (non-hydrogen) atoms. The third-order valence-corrected chi connectivity index (χ3v) is 7.56. The van der Waals surface area contributed by atoms with Gasteiger partial charge in [0.1, 0.15) is 0 Å². The van der Waals surface area contributed by atoms with Crippen LogP contribution in [0.2, 0.25) is 0 Å². The zero-order valence-electron chi connectivity index (χ0n) is 17.3. The van der Waals surface area contributed by atoms with Crippen molar-refractivity contribution in [2.24, 2.45) is 11.8 Å². The number of rotatable bonds is 4. The van der Waals surface area contributed by atoms with Gasteiger partial charge in [0.25, 0.3) is 0 Å². The van der Waals surface area contributed by atoms with Crippen LogP contribution in [0.1, 0.15) is 86.5 Å². The lowest BCUT2D eigenvalue weighted by molar-refractivity contribution is 0.133. The summed E-state index contributed by atoms with van der Waals surface area (Å²) in [6, 6.07) is 19.3. The number of hydrogen-bond donors (Lipinski definition) is 0. The van der Waals surface area contributed by atoms with E-state index in [1.807, 2.05) is 0 Å². The molecule has 0 aliphatic heterocycles. The van der Waals surface area contributed by atoms with Gasteiger partial charge in [0.2, 0.25) is 0 Å². The molecule has 0 saturated heterocycles. The van der Waals surface area contributed by atoms with Gasteiger partial charge in [0.15, 0.2) is 0 Å². The van der Waals surface area contributed by atoms with Crippen LogP contribution < -0.4 is 0 Å². The zero-order valence-corrected chi connectivity index (χ0v) is 17.3. The molecule has 0 heteroatoms. The highest BCUT2D eigenvalue weighted by Crippen LogP contribution is 2.54. The van der Waals surface area contributed by atoms with E-state index in [1.54, 1.807) is 11.1 Å². The standard InChI is InChI=1S/C27H36/c1-21-13-17-25(18-14-21)27(23-9-5-3-6-10-23,24-11-7-4-8-12-24)26-19-15-22(2)16-20-26/h13-20,23-24H,3-12H2,1-2H3. The average molecular weight is 361 g/mol. The monoisotopic (exact) mass is 360 g/mol. The summed E-state index contributed by atoms with van der Waals surface area (Å²) in [6.07, 6.45) is 14.1. The second-order valence-corrected chi connectivity index (χ2v) is 9.27. The summed E-state index contributed by atoms with van der Waals surface area (Å²) in [4.78, 5) is 0. The maximum Gasteiger partial charge on any atom is 0.0259 e. The molecule has 0 nitrogen and oxygen atoms in total. The summed E-state index contributed by atoms with van der Waals surface area (Å²) >= 11 is 0. The molecule has 2 aromatic carbocycles. The molecule has 2 aliphatic carbocycles. The van der Waals surface area contributed by atoms with Gasteiger partial charge in [-0.2, -0.15) is 0 Å². The molecule has 144 valence electrons. The normalized spacial score (nSPS) is 19.9. The minimum absolute atomic E-state index is 0.211. The largest absolute Gasteiger partial charge is 0.0590 e. The zero-order chi connectivity index (χ0) is 18.7. The van der Waals surface area contributed by atoms with Crippen molar-refractivity contribution in [2.75, 3.05) is 0 Å². The molecule has 4 rings (SSSR count). The highest BCUT2D eigenvalue weighted by atomic mass is 14.5. The van der Waals surface area contributed by atoms with Crippen molar-refractivity contribution >= 4 is 0 Å². The molecule has 0 radical (unpaired) electrons. The fraction of sp³-hybridized carbons (Fsp3) is 0.556. The van der Waals surface area contributed by atoms with Gasteiger partial charge >= 0.3 is 0 Å². The van der Waals surface area contributed by atoms with E-state index >= 15 is 0 Å². The molecule has 0 N–H and O–H groups in total. The highest BCUT2D eigenvalue weighted by molar-refractivity contribution is 5.43. The van der Waals surface area contributed by atoms with Gasteiger partial charge in [-0.3, -0.25) is 0 Å². The van der Waals surface area contributed by atoms with Gasteiger partial charge in [-0.15, -0.1) is 0 Å². The molecule has 2 aliphatic rings. The van der Waals surface area contributed by atoms with Crippen molar-refractivity contribution in [1.82, 2.24) is 0 Å².